The summed E-state index contributed by atoms with van der Waals surface area (Å²) in [5, 5.41) is 4.71. The number of nitrogens with zero attached hydrogens (tertiary/aromatic N) is 3. The van der Waals surface area contributed by atoms with Crippen molar-refractivity contribution < 1.29 is 0 Å². The molecule has 4 nitrogen and oxygen atoms in total. The number of nitrogens with two attached hydrogens (primary N) is 1. The van der Waals surface area contributed by atoms with Crippen LogP contribution in [0, 0.1) is 0 Å². The average Bonchev–Trinajstić information content (AvgIpc) is 2.87. The highest BCUT2D eigenvalue weighted by atomic mass is 15.4. The summed E-state index contributed by atoms with van der Waals surface area (Å²) in [5.74, 6) is 1.99. The molecule has 0 saturated carbocycles. The molecule has 21 heavy (non-hydrogen) atoms. The number of hydrogen-bond donors (Lipinski definition) is 1. The lowest BCUT2D eigenvalue weighted by molar-refractivity contribution is 0.350. The Balaban J connectivity index is 2.01. The smallest absolute Gasteiger partial charge is 0.150 e. The van der Waals surface area contributed by atoms with E-state index < -0.39 is 0 Å². The van der Waals surface area contributed by atoms with E-state index in [9.17, 15) is 0 Å². The van der Waals surface area contributed by atoms with Gasteiger partial charge in [-0.15, -0.1) is 0 Å². The molecule has 3 rings (SSSR count). The van der Waals surface area contributed by atoms with Crippen LogP contribution in [0.2, 0.25) is 0 Å². The molecule has 0 saturated heterocycles. The molecule has 0 fully saturated rings. The lowest BCUT2D eigenvalue weighted by Gasteiger charge is -2.24. The van der Waals surface area contributed by atoms with Gasteiger partial charge in [0.15, 0.2) is 5.82 Å². The van der Waals surface area contributed by atoms with E-state index in [0.29, 0.717) is 0 Å². The minimum absolute atomic E-state index is 0.000376. The van der Waals surface area contributed by atoms with Gasteiger partial charge in [-0.3, -0.25) is 0 Å². The van der Waals surface area contributed by atoms with Crippen molar-refractivity contribution in [1.29, 1.82) is 0 Å². The van der Waals surface area contributed by atoms with Gasteiger partial charge in [0.05, 0.1) is 12.1 Å². The molecule has 2 aromatic rings. The Bertz CT molecular complexity index is 617. The van der Waals surface area contributed by atoms with Crippen LogP contribution >= 0.6 is 0 Å². The van der Waals surface area contributed by atoms with Crippen LogP contribution in [0.5, 0.6) is 0 Å². The Kier molecular flexibility index (Phi) is 4.06. The number of benzene rings is 1. The van der Waals surface area contributed by atoms with Crippen molar-refractivity contribution in [2.75, 3.05) is 0 Å². The predicted molar refractivity (Wildman–Crippen MR) is 84.1 cm³/mol. The van der Waals surface area contributed by atoms with E-state index in [1.165, 1.54) is 11.1 Å². The molecule has 0 radical (unpaired) electrons. The molecule has 0 spiro atoms. The SMILES string of the molecule is CCc1nc(CC)n(C2CCCc3ccccc3C2N)n1. The fourth-order valence-electron chi connectivity index (χ4n) is 3.31. The largest absolute Gasteiger partial charge is 0.322 e. The minimum Gasteiger partial charge on any atom is -0.322 e. The van der Waals surface area contributed by atoms with Gasteiger partial charge in [-0.1, -0.05) is 38.1 Å². The highest BCUT2D eigenvalue weighted by Crippen LogP contribution is 2.35. The zero-order chi connectivity index (χ0) is 14.8. The first-order valence-electron chi connectivity index (χ1n) is 8.02. The maximum Gasteiger partial charge on any atom is 0.150 e. The molecule has 1 aliphatic carbocycles. The Labute approximate surface area is 126 Å². The van der Waals surface area contributed by atoms with Crippen molar-refractivity contribution in [3.63, 3.8) is 0 Å². The second kappa shape index (κ2) is 5.98. The highest BCUT2D eigenvalue weighted by molar-refractivity contribution is 5.32. The molecule has 1 heterocycles. The van der Waals surface area contributed by atoms with Crippen molar-refractivity contribution in [1.82, 2.24) is 14.8 Å². The van der Waals surface area contributed by atoms with Gasteiger partial charge < -0.3 is 5.73 Å². The molecule has 0 aliphatic heterocycles. The number of fused-ring (bicyclic) bond motifs is 1. The second-order valence-corrected chi connectivity index (χ2v) is 5.78. The summed E-state index contributed by atoms with van der Waals surface area (Å²) in [6, 6.07) is 8.78. The molecule has 1 aromatic heterocycles. The van der Waals surface area contributed by atoms with Gasteiger partial charge >= 0.3 is 0 Å². The zero-order valence-corrected chi connectivity index (χ0v) is 12.9. The van der Waals surface area contributed by atoms with Crippen LogP contribution in [0.4, 0.5) is 0 Å². The van der Waals surface area contributed by atoms with Gasteiger partial charge in [0, 0.05) is 12.8 Å². The Morgan fingerprint density at radius 2 is 2.05 bits per heavy atom. The first-order chi connectivity index (χ1) is 10.2. The normalized spacial score (nSPS) is 21.9. The van der Waals surface area contributed by atoms with Crippen LogP contribution in [0.15, 0.2) is 24.3 Å². The van der Waals surface area contributed by atoms with E-state index in [1.807, 2.05) is 0 Å². The summed E-state index contributed by atoms with van der Waals surface area (Å²) in [4.78, 5) is 4.64. The average molecular weight is 284 g/mol. The third kappa shape index (κ3) is 2.60. The van der Waals surface area contributed by atoms with E-state index in [-0.39, 0.29) is 12.1 Å². The van der Waals surface area contributed by atoms with Crippen molar-refractivity contribution in [2.45, 2.75) is 58.0 Å². The molecule has 2 N–H and O–H groups in total. The molecule has 0 bridgehead atoms. The predicted octanol–water partition coefficient (Wildman–Crippen LogP) is 2.98. The molecule has 1 aliphatic rings. The minimum atomic E-state index is 0.000376. The maximum atomic E-state index is 6.61. The molecular formula is C17H24N4. The zero-order valence-electron chi connectivity index (χ0n) is 12.9. The van der Waals surface area contributed by atoms with E-state index in [0.717, 1.165) is 43.8 Å². The van der Waals surface area contributed by atoms with E-state index in [4.69, 9.17) is 10.8 Å². The standard InChI is InChI=1S/C17H24N4/c1-3-15-19-16(4-2)21(20-15)14-11-7-9-12-8-5-6-10-13(12)17(14)18/h5-6,8,10,14,17H,3-4,7,9,11,18H2,1-2H3. The molecule has 2 atom stereocenters. The van der Waals surface area contributed by atoms with Gasteiger partial charge in [-0.25, -0.2) is 9.67 Å². The quantitative estimate of drug-likeness (QED) is 0.882. The number of rotatable bonds is 3. The van der Waals surface area contributed by atoms with Gasteiger partial charge in [-0.05, 0) is 30.4 Å². The van der Waals surface area contributed by atoms with Crippen LogP contribution < -0.4 is 5.73 Å². The first-order valence-corrected chi connectivity index (χ1v) is 8.02. The summed E-state index contributed by atoms with van der Waals surface area (Å²) < 4.78 is 2.10. The van der Waals surface area contributed by atoms with Gasteiger partial charge in [-0.2, -0.15) is 5.10 Å². The van der Waals surface area contributed by atoms with E-state index in [1.54, 1.807) is 0 Å². The molecule has 1 aromatic carbocycles. The van der Waals surface area contributed by atoms with Crippen LogP contribution in [0.1, 0.15) is 61.5 Å². The summed E-state index contributed by atoms with van der Waals surface area (Å²) >= 11 is 0. The van der Waals surface area contributed by atoms with E-state index in [2.05, 4.69) is 47.8 Å². The summed E-state index contributed by atoms with van der Waals surface area (Å²) in [6.45, 7) is 4.23. The first kappa shape index (κ1) is 14.3. The highest BCUT2D eigenvalue weighted by Gasteiger charge is 2.28. The van der Waals surface area contributed by atoms with Crippen LogP contribution in [-0.2, 0) is 19.3 Å². The number of aryl methyl sites for hydroxylation is 3. The topological polar surface area (TPSA) is 56.7 Å². The van der Waals surface area contributed by atoms with Gasteiger partial charge in [0.2, 0.25) is 0 Å². The summed E-state index contributed by atoms with van der Waals surface area (Å²) in [5.41, 5.74) is 9.27. The van der Waals surface area contributed by atoms with Gasteiger partial charge in [0.25, 0.3) is 0 Å². The lowest BCUT2D eigenvalue weighted by atomic mass is 9.97. The monoisotopic (exact) mass is 284 g/mol. The lowest BCUT2D eigenvalue weighted by Crippen LogP contribution is -2.26. The van der Waals surface area contributed by atoms with Crippen molar-refractivity contribution in [2.24, 2.45) is 5.73 Å². The van der Waals surface area contributed by atoms with Crippen LogP contribution in [-0.4, -0.2) is 14.8 Å². The van der Waals surface area contributed by atoms with Crippen LogP contribution in [0.25, 0.3) is 0 Å². The van der Waals surface area contributed by atoms with Crippen molar-refractivity contribution in [3.05, 3.63) is 47.0 Å². The van der Waals surface area contributed by atoms with Crippen LogP contribution in [0.3, 0.4) is 0 Å². The van der Waals surface area contributed by atoms with Crippen molar-refractivity contribution in [3.8, 4) is 0 Å². The summed E-state index contributed by atoms with van der Waals surface area (Å²) in [6.07, 6.45) is 5.10. The second-order valence-electron chi connectivity index (χ2n) is 5.78. The Morgan fingerprint density at radius 1 is 1.24 bits per heavy atom. The fourth-order valence-corrected chi connectivity index (χ4v) is 3.31. The van der Waals surface area contributed by atoms with Crippen molar-refractivity contribution >= 4 is 0 Å². The molecule has 112 valence electrons. The number of aromatic nitrogens is 3. The molecule has 4 heteroatoms. The molecule has 2 unspecified atom stereocenters. The summed E-state index contributed by atoms with van der Waals surface area (Å²) in [7, 11) is 0. The van der Waals surface area contributed by atoms with Gasteiger partial charge in [0.1, 0.15) is 5.82 Å². The third-order valence-electron chi connectivity index (χ3n) is 4.47. The maximum absolute atomic E-state index is 6.61. The molecule has 0 amide bonds. The van der Waals surface area contributed by atoms with E-state index >= 15 is 0 Å². The number of hydrogen-bond acceptors (Lipinski definition) is 3. The molecular weight excluding hydrogens is 260 g/mol. The Hall–Kier alpha value is -1.68. The third-order valence-corrected chi connectivity index (χ3v) is 4.47. The Morgan fingerprint density at radius 3 is 2.81 bits per heavy atom. The fraction of sp³-hybridized carbons (Fsp3) is 0.529.